The van der Waals surface area contributed by atoms with Crippen LogP contribution < -0.4 is 14.4 Å². The van der Waals surface area contributed by atoms with Crippen molar-refractivity contribution in [1.29, 1.82) is 0 Å². The highest BCUT2D eigenvalue weighted by Crippen LogP contribution is 2.46. The molecule has 1 N–H and O–H groups in total. The summed E-state index contributed by atoms with van der Waals surface area (Å²) >= 11 is 0. The van der Waals surface area contributed by atoms with E-state index in [1.165, 1.54) is 32.4 Å². The van der Waals surface area contributed by atoms with Gasteiger partial charge in [-0.15, -0.1) is 0 Å². The fourth-order valence-corrected chi connectivity index (χ4v) is 4.02. The first-order valence-corrected chi connectivity index (χ1v) is 10.4. The Balaban J connectivity index is 2.00. The number of benzene rings is 3. The lowest BCUT2D eigenvalue weighted by Crippen LogP contribution is -2.30. The van der Waals surface area contributed by atoms with Crippen molar-refractivity contribution in [2.45, 2.75) is 12.2 Å². The van der Waals surface area contributed by atoms with Gasteiger partial charge in [-0.25, -0.2) is 0 Å². The molecule has 1 heterocycles. The zero-order chi connectivity index (χ0) is 25.3. The van der Waals surface area contributed by atoms with E-state index in [9.17, 15) is 27.9 Å². The molecule has 9 heteroatoms. The molecule has 4 rings (SSSR count). The van der Waals surface area contributed by atoms with Crippen molar-refractivity contribution >= 4 is 23.1 Å². The molecule has 3 aromatic rings. The molecule has 1 atom stereocenters. The molecular formula is C26H20F3NO5. The first kappa shape index (κ1) is 23.9. The third kappa shape index (κ3) is 4.32. The molecule has 0 spiro atoms. The first-order chi connectivity index (χ1) is 16.7. The van der Waals surface area contributed by atoms with Crippen LogP contribution in [0.1, 0.15) is 22.7 Å². The lowest BCUT2D eigenvalue weighted by atomic mass is 9.94. The first-order valence-electron chi connectivity index (χ1n) is 10.4. The molecule has 35 heavy (non-hydrogen) atoms. The predicted molar refractivity (Wildman–Crippen MR) is 122 cm³/mol. The van der Waals surface area contributed by atoms with Gasteiger partial charge in [0.05, 0.1) is 31.4 Å². The fraction of sp³-hybridized carbons (Fsp3) is 0.154. The van der Waals surface area contributed by atoms with Crippen LogP contribution in [0.15, 0.2) is 78.4 Å². The summed E-state index contributed by atoms with van der Waals surface area (Å²) in [4.78, 5) is 27.3. The zero-order valence-electron chi connectivity index (χ0n) is 18.7. The second-order valence-electron chi connectivity index (χ2n) is 7.69. The second-order valence-corrected chi connectivity index (χ2v) is 7.69. The Hall–Kier alpha value is -4.27. The van der Waals surface area contributed by atoms with Gasteiger partial charge in [-0.05, 0) is 30.3 Å². The molecule has 0 saturated carbocycles. The highest BCUT2D eigenvalue weighted by molar-refractivity contribution is 6.51. The maximum atomic E-state index is 13.4. The molecular weight excluding hydrogens is 463 g/mol. The van der Waals surface area contributed by atoms with Crippen molar-refractivity contribution in [2.75, 3.05) is 19.1 Å². The second kappa shape index (κ2) is 9.17. The molecule has 0 radical (unpaired) electrons. The number of alkyl halides is 3. The van der Waals surface area contributed by atoms with E-state index in [1.807, 2.05) is 0 Å². The molecule has 0 aliphatic carbocycles. The van der Waals surface area contributed by atoms with Gasteiger partial charge in [0.1, 0.15) is 17.3 Å². The maximum absolute atomic E-state index is 13.4. The van der Waals surface area contributed by atoms with Crippen molar-refractivity contribution in [2.24, 2.45) is 0 Å². The van der Waals surface area contributed by atoms with Crippen LogP contribution in [0.25, 0.3) is 5.76 Å². The number of carbonyl (C=O) groups excluding carboxylic acids is 2. The number of aliphatic hydroxyl groups is 1. The van der Waals surface area contributed by atoms with Crippen LogP contribution in [0.2, 0.25) is 0 Å². The van der Waals surface area contributed by atoms with Crippen molar-refractivity contribution in [3.8, 4) is 11.5 Å². The molecule has 0 unspecified atom stereocenters. The number of amides is 1. The van der Waals surface area contributed by atoms with E-state index in [0.717, 1.165) is 23.1 Å². The Bertz CT molecular complexity index is 1320. The largest absolute Gasteiger partial charge is 0.507 e. The Labute approximate surface area is 198 Å². The van der Waals surface area contributed by atoms with Gasteiger partial charge >= 0.3 is 6.18 Å². The van der Waals surface area contributed by atoms with Crippen LogP contribution in [-0.2, 0) is 15.8 Å². The van der Waals surface area contributed by atoms with Crippen LogP contribution >= 0.6 is 0 Å². The molecule has 0 bridgehead atoms. The third-order valence-electron chi connectivity index (χ3n) is 5.68. The number of carbonyl (C=O) groups is 2. The SMILES string of the molecule is COc1ccc([C@H]2C(=C(O)c3ccccc3)C(=O)C(=O)N2c2cccc(C(F)(F)F)c2)c(OC)c1. The predicted octanol–water partition coefficient (Wildman–Crippen LogP) is 5.35. The summed E-state index contributed by atoms with van der Waals surface area (Å²) in [6, 6.07) is 15.5. The third-order valence-corrected chi connectivity index (χ3v) is 5.68. The van der Waals surface area contributed by atoms with Crippen LogP contribution in [0.3, 0.4) is 0 Å². The molecule has 1 saturated heterocycles. The minimum Gasteiger partial charge on any atom is -0.507 e. The van der Waals surface area contributed by atoms with Gasteiger partial charge in [0.15, 0.2) is 0 Å². The molecule has 1 aliphatic rings. The van der Waals surface area contributed by atoms with Crippen molar-refractivity contribution in [3.05, 3.63) is 95.1 Å². The number of anilines is 1. The van der Waals surface area contributed by atoms with Crippen molar-refractivity contribution in [3.63, 3.8) is 0 Å². The van der Waals surface area contributed by atoms with E-state index in [0.29, 0.717) is 5.75 Å². The summed E-state index contributed by atoms with van der Waals surface area (Å²) < 4.78 is 50.9. The summed E-state index contributed by atoms with van der Waals surface area (Å²) in [7, 11) is 2.81. The van der Waals surface area contributed by atoms with E-state index >= 15 is 0 Å². The molecule has 1 amide bonds. The molecule has 180 valence electrons. The number of aliphatic hydroxyl groups excluding tert-OH is 1. The average Bonchev–Trinajstić information content (AvgIpc) is 3.13. The minimum absolute atomic E-state index is 0.156. The molecule has 1 fully saturated rings. The molecule has 6 nitrogen and oxygen atoms in total. The van der Waals surface area contributed by atoms with Crippen LogP contribution in [0, 0.1) is 0 Å². The van der Waals surface area contributed by atoms with E-state index in [-0.39, 0.29) is 28.1 Å². The molecule has 1 aliphatic heterocycles. The Kier molecular flexibility index (Phi) is 6.26. The number of nitrogens with zero attached hydrogens (tertiary/aromatic N) is 1. The van der Waals surface area contributed by atoms with Crippen LogP contribution in [-0.4, -0.2) is 31.0 Å². The number of Topliss-reactive ketones (excluding diaryl/α,β-unsaturated/α-hetero) is 1. The van der Waals surface area contributed by atoms with E-state index in [2.05, 4.69) is 0 Å². The van der Waals surface area contributed by atoms with Crippen molar-refractivity contribution in [1.82, 2.24) is 0 Å². The minimum atomic E-state index is -4.67. The average molecular weight is 483 g/mol. The quantitative estimate of drug-likeness (QED) is 0.301. The Morgan fingerprint density at radius 3 is 2.26 bits per heavy atom. The lowest BCUT2D eigenvalue weighted by molar-refractivity contribution is -0.137. The van der Waals surface area contributed by atoms with Gasteiger partial charge in [0.2, 0.25) is 0 Å². The van der Waals surface area contributed by atoms with Gasteiger partial charge in [-0.1, -0.05) is 36.4 Å². The standard InChI is InChI=1S/C26H20F3NO5/c1-34-18-11-12-19(20(14-18)35-2)22-21(23(31)15-7-4-3-5-8-15)24(32)25(33)30(22)17-10-6-9-16(13-17)26(27,28)29/h3-14,22,31H,1-2H3/t22-/m0/s1. The Morgan fingerprint density at radius 1 is 0.914 bits per heavy atom. The van der Waals surface area contributed by atoms with E-state index in [4.69, 9.17) is 9.47 Å². The highest BCUT2D eigenvalue weighted by Gasteiger charge is 2.48. The van der Waals surface area contributed by atoms with Gasteiger partial charge in [0, 0.05) is 22.9 Å². The van der Waals surface area contributed by atoms with Crippen LogP contribution in [0.5, 0.6) is 11.5 Å². The van der Waals surface area contributed by atoms with Crippen molar-refractivity contribution < 1.29 is 37.3 Å². The molecule has 3 aromatic carbocycles. The van der Waals surface area contributed by atoms with E-state index in [1.54, 1.807) is 36.4 Å². The summed E-state index contributed by atoms with van der Waals surface area (Å²) in [5.41, 5.74) is -0.867. The monoisotopic (exact) mass is 483 g/mol. The van der Waals surface area contributed by atoms with Gasteiger partial charge in [-0.2, -0.15) is 13.2 Å². The number of rotatable bonds is 5. The van der Waals surface area contributed by atoms with E-state index < -0.39 is 35.2 Å². The number of methoxy groups -OCH3 is 2. The fourth-order valence-electron chi connectivity index (χ4n) is 4.02. The summed E-state index contributed by atoms with van der Waals surface area (Å²) in [5.74, 6) is -1.94. The number of halogens is 3. The number of hydrogen-bond acceptors (Lipinski definition) is 5. The highest BCUT2D eigenvalue weighted by atomic mass is 19.4. The topological polar surface area (TPSA) is 76.1 Å². The van der Waals surface area contributed by atoms with Gasteiger partial charge in [0.25, 0.3) is 11.7 Å². The summed E-state index contributed by atoms with van der Waals surface area (Å²) in [6.07, 6.45) is -4.67. The lowest BCUT2D eigenvalue weighted by Gasteiger charge is -2.27. The van der Waals surface area contributed by atoms with Gasteiger partial charge in [-0.3, -0.25) is 14.5 Å². The normalized spacial score (nSPS) is 17.5. The van der Waals surface area contributed by atoms with Gasteiger partial charge < -0.3 is 14.6 Å². The maximum Gasteiger partial charge on any atom is 0.416 e. The molecule has 0 aromatic heterocycles. The zero-order valence-corrected chi connectivity index (χ0v) is 18.7. The number of hydrogen-bond donors (Lipinski definition) is 1. The summed E-state index contributed by atoms with van der Waals surface area (Å²) in [6.45, 7) is 0. The Morgan fingerprint density at radius 2 is 1.63 bits per heavy atom. The smallest absolute Gasteiger partial charge is 0.416 e. The number of ether oxygens (including phenoxy) is 2. The number of ketones is 1. The van der Waals surface area contributed by atoms with Crippen LogP contribution in [0.4, 0.5) is 18.9 Å². The summed E-state index contributed by atoms with van der Waals surface area (Å²) in [5, 5.41) is 11.1.